The minimum atomic E-state index is -4.34. The third-order valence-electron chi connectivity index (χ3n) is 7.14. The number of amides is 1. The van der Waals surface area contributed by atoms with Crippen LogP contribution in [0.25, 0.3) is 0 Å². The number of nitrogens with one attached hydrogen (secondary N) is 1. The Balaban J connectivity index is 4.00. The Morgan fingerprint density at radius 3 is 1.57 bits per heavy atom. The fourth-order valence-electron chi connectivity index (χ4n) is 4.72. The van der Waals surface area contributed by atoms with Gasteiger partial charge in [0.1, 0.15) is 0 Å². The van der Waals surface area contributed by atoms with Crippen LogP contribution in [-0.4, -0.2) is 41.9 Å². The first-order valence-electron chi connectivity index (χ1n) is 16.2. The molecule has 6 nitrogen and oxygen atoms in total. The molecule has 7 heteroatoms. The normalized spacial score (nSPS) is 14.0. The van der Waals surface area contributed by atoms with Crippen molar-refractivity contribution in [2.75, 3.05) is 5.75 Å². The minimum Gasteiger partial charge on any atom is -0.387 e. The van der Waals surface area contributed by atoms with Crippen LogP contribution in [-0.2, 0) is 14.9 Å². The van der Waals surface area contributed by atoms with Crippen LogP contribution in [0.3, 0.4) is 0 Å². The summed E-state index contributed by atoms with van der Waals surface area (Å²) in [7, 11) is -4.34. The van der Waals surface area contributed by atoms with E-state index >= 15 is 0 Å². The lowest BCUT2D eigenvalue weighted by Gasteiger charge is -2.21. The summed E-state index contributed by atoms with van der Waals surface area (Å²) in [6.45, 7) is 4.26. The lowest BCUT2D eigenvalue weighted by atomic mass is 10.0. The largest absolute Gasteiger partial charge is 0.387 e. The molecule has 0 aromatic rings. The van der Waals surface area contributed by atoms with Crippen molar-refractivity contribution >= 4 is 16.0 Å². The van der Waals surface area contributed by atoms with Crippen molar-refractivity contribution in [3.63, 3.8) is 0 Å². The van der Waals surface area contributed by atoms with Gasteiger partial charge in [0, 0.05) is 6.42 Å². The molecule has 0 aliphatic heterocycles. The number of allylic oxidation sites excluding steroid dienone is 5. The zero-order chi connectivity index (χ0) is 29.7. The molecule has 2 atom stereocenters. The van der Waals surface area contributed by atoms with Crippen molar-refractivity contribution in [2.24, 2.45) is 0 Å². The standard InChI is InChI=1S/C33H61NO5S/c1-3-5-7-9-11-13-14-15-16-17-18-19-21-23-25-27-29-33(36)34-31(30-40(37,38)39)32(35)28-26-24-22-20-12-10-8-6-4-2/h4,6,12,20,26,28,31-32,35H,3,5,7-11,13-19,21-25,27,29-30H2,1-2H3,(H,34,36)(H,37,38,39)/b6-4+,20-12+,28-26+. The molecule has 234 valence electrons. The van der Waals surface area contributed by atoms with E-state index < -0.39 is 28.0 Å². The minimum absolute atomic E-state index is 0.287. The van der Waals surface area contributed by atoms with Gasteiger partial charge in [-0.3, -0.25) is 9.35 Å². The molecule has 3 N–H and O–H groups in total. The first kappa shape index (κ1) is 38.6. The lowest BCUT2D eigenvalue weighted by Crippen LogP contribution is -2.46. The molecular formula is C33H61NO5S. The second kappa shape index (κ2) is 27.7. The first-order chi connectivity index (χ1) is 19.3. The number of unbranched alkanes of at least 4 members (excludes halogenated alkanes) is 17. The topological polar surface area (TPSA) is 104 Å². The Morgan fingerprint density at radius 2 is 1.12 bits per heavy atom. The van der Waals surface area contributed by atoms with Crippen LogP contribution < -0.4 is 5.32 Å². The van der Waals surface area contributed by atoms with Gasteiger partial charge in [0.15, 0.2) is 0 Å². The van der Waals surface area contributed by atoms with Gasteiger partial charge in [-0.1, -0.05) is 140 Å². The molecule has 0 fully saturated rings. The number of aliphatic hydroxyl groups is 1. The summed E-state index contributed by atoms with van der Waals surface area (Å²) in [6, 6.07) is -1.07. The summed E-state index contributed by atoms with van der Waals surface area (Å²) in [5.41, 5.74) is 0. The van der Waals surface area contributed by atoms with Gasteiger partial charge in [0.25, 0.3) is 10.1 Å². The van der Waals surface area contributed by atoms with E-state index in [9.17, 15) is 22.9 Å². The molecule has 0 saturated heterocycles. The van der Waals surface area contributed by atoms with Gasteiger partial charge < -0.3 is 10.4 Å². The maximum atomic E-state index is 12.4. The van der Waals surface area contributed by atoms with E-state index in [1.165, 1.54) is 89.5 Å². The molecule has 0 heterocycles. The van der Waals surface area contributed by atoms with Crippen molar-refractivity contribution in [3.05, 3.63) is 36.5 Å². The molecular weight excluding hydrogens is 522 g/mol. The Labute approximate surface area is 246 Å². The maximum Gasteiger partial charge on any atom is 0.267 e. The zero-order valence-electron chi connectivity index (χ0n) is 25.7. The molecule has 2 unspecified atom stereocenters. The Morgan fingerprint density at radius 1 is 0.700 bits per heavy atom. The highest BCUT2D eigenvalue weighted by Crippen LogP contribution is 2.14. The second-order valence-electron chi connectivity index (χ2n) is 11.1. The molecule has 0 rings (SSSR count). The van der Waals surface area contributed by atoms with E-state index in [0.29, 0.717) is 6.42 Å². The fourth-order valence-corrected chi connectivity index (χ4v) is 5.46. The highest BCUT2D eigenvalue weighted by molar-refractivity contribution is 7.85. The average molecular weight is 584 g/mol. The summed E-state index contributed by atoms with van der Waals surface area (Å²) in [5.74, 6) is -1.01. The molecule has 0 bridgehead atoms. The van der Waals surface area contributed by atoms with Crippen LogP contribution in [0.15, 0.2) is 36.5 Å². The van der Waals surface area contributed by atoms with Gasteiger partial charge in [-0.25, -0.2) is 0 Å². The quantitative estimate of drug-likeness (QED) is 0.0486. The molecule has 40 heavy (non-hydrogen) atoms. The zero-order valence-corrected chi connectivity index (χ0v) is 26.5. The predicted octanol–water partition coefficient (Wildman–Crippen LogP) is 8.62. The van der Waals surface area contributed by atoms with Crippen molar-refractivity contribution in [2.45, 2.75) is 161 Å². The van der Waals surface area contributed by atoms with E-state index in [-0.39, 0.29) is 12.3 Å². The Bertz CT molecular complexity index is 776. The SMILES string of the molecule is C/C=C/CC/C=C/CC/C=C/C(O)C(CS(=O)(=O)O)NC(=O)CCCCCCCCCCCCCCCCCC. The Kier molecular flexibility index (Phi) is 26.7. The van der Waals surface area contributed by atoms with Crippen LogP contribution in [0.1, 0.15) is 149 Å². The van der Waals surface area contributed by atoms with Crippen molar-refractivity contribution in [3.8, 4) is 0 Å². The smallest absolute Gasteiger partial charge is 0.267 e. The predicted molar refractivity (Wildman–Crippen MR) is 170 cm³/mol. The summed E-state index contributed by atoms with van der Waals surface area (Å²) in [4.78, 5) is 12.4. The number of hydrogen-bond donors (Lipinski definition) is 3. The van der Waals surface area contributed by atoms with Gasteiger partial charge in [0.2, 0.25) is 5.91 Å². The summed E-state index contributed by atoms with van der Waals surface area (Å²) in [6.07, 6.45) is 34.4. The number of carbonyl (C=O) groups excluding carboxylic acids is 1. The van der Waals surface area contributed by atoms with Gasteiger partial charge in [-0.15, -0.1) is 0 Å². The molecule has 0 aliphatic carbocycles. The molecule has 0 saturated carbocycles. The number of rotatable bonds is 28. The third kappa shape index (κ3) is 28.1. The maximum absolute atomic E-state index is 12.4. The van der Waals surface area contributed by atoms with Crippen LogP contribution >= 0.6 is 0 Å². The molecule has 0 radical (unpaired) electrons. The van der Waals surface area contributed by atoms with Crippen molar-refractivity contribution in [1.82, 2.24) is 5.32 Å². The van der Waals surface area contributed by atoms with E-state index in [0.717, 1.165) is 38.5 Å². The summed E-state index contributed by atoms with van der Waals surface area (Å²) in [5, 5.41) is 13.0. The average Bonchev–Trinajstić information content (AvgIpc) is 2.90. The molecule has 0 aromatic carbocycles. The fraction of sp³-hybridized carbons (Fsp3) is 0.788. The number of aliphatic hydroxyl groups excluding tert-OH is 1. The van der Waals surface area contributed by atoms with Gasteiger partial charge in [-0.2, -0.15) is 8.42 Å². The van der Waals surface area contributed by atoms with Gasteiger partial charge in [0.05, 0.1) is 17.9 Å². The number of hydrogen-bond acceptors (Lipinski definition) is 4. The highest BCUT2D eigenvalue weighted by atomic mass is 32.2. The molecule has 0 spiro atoms. The summed E-state index contributed by atoms with van der Waals surface area (Å²) >= 11 is 0. The van der Waals surface area contributed by atoms with E-state index in [1.54, 1.807) is 6.08 Å². The van der Waals surface area contributed by atoms with Crippen molar-refractivity contribution < 1.29 is 22.9 Å². The lowest BCUT2D eigenvalue weighted by molar-refractivity contribution is -0.122. The van der Waals surface area contributed by atoms with Gasteiger partial charge >= 0.3 is 0 Å². The molecule has 0 aliphatic rings. The van der Waals surface area contributed by atoms with Crippen LogP contribution in [0, 0.1) is 0 Å². The Hall–Kier alpha value is -1.44. The van der Waals surface area contributed by atoms with Crippen LogP contribution in [0.4, 0.5) is 0 Å². The van der Waals surface area contributed by atoms with Crippen LogP contribution in [0.5, 0.6) is 0 Å². The highest BCUT2D eigenvalue weighted by Gasteiger charge is 2.24. The monoisotopic (exact) mass is 583 g/mol. The molecule has 0 aromatic heterocycles. The third-order valence-corrected chi connectivity index (χ3v) is 7.92. The molecule has 1 amide bonds. The van der Waals surface area contributed by atoms with Crippen LogP contribution in [0.2, 0.25) is 0 Å². The van der Waals surface area contributed by atoms with E-state index in [4.69, 9.17) is 0 Å². The summed E-state index contributed by atoms with van der Waals surface area (Å²) < 4.78 is 32.1. The van der Waals surface area contributed by atoms with E-state index in [1.807, 2.05) is 13.0 Å². The van der Waals surface area contributed by atoms with Gasteiger partial charge in [-0.05, 0) is 39.0 Å². The van der Waals surface area contributed by atoms with Crippen molar-refractivity contribution in [1.29, 1.82) is 0 Å². The van der Waals surface area contributed by atoms with E-state index in [2.05, 4.69) is 30.5 Å². The number of carbonyl (C=O) groups is 1. The second-order valence-corrected chi connectivity index (χ2v) is 12.6. The first-order valence-corrected chi connectivity index (χ1v) is 17.8.